The van der Waals surface area contributed by atoms with Crippen molar-refractivity contribution in [3.63, 3.8) is 0 Å². The van der Waals surface area contributed by atoms with Gasteiger partial charge in [-0.05, 0) is 61.5 Å². The van der Waals surface area contributed by atoms with E-state index in [1.54, 1.807) is 6.07 Å². The van der Waals surface area contributed by atoms with Crippen molar-refractivity contribution in [2.75, 3.05) is 44.2 Å². The Balaban J connectivity index is 1.23. The number of carbonyl (C=O) groups is 1. The molecule has 0 amide bonds. The van der Waals surface area contributed by atoms with E-state index in [9.17, 15) is 9.59 Å². The molecule has 8 heteroatoms. The number of carbonyl (C=O) groups excluding carboxylic acids is 1. The van der Waals surface area contributed by atoms with Crippen LogP contribution in [0.3, 0.4) is 0 Å². The average Bonchev–Trinajstić information content (AvgIpc) is 2.94. The molecule has 210 valence electrons. The van der Waals surface area contributed by atoms with E-state index in [4.69, 9.17) is 27.9 Å². The highest BCUT2D eigenvalue weighted by Gasteiger charge is 2.19. The van der Waals surface area contributed by atoms with E-state index in [0.717, 1.165) is 82.3 Å². The second-order valence-corrected chi connectivity index (χ2v) is 11.0. The normalized spacial score (nSPS) is 14.2. The number of anilines is 1. The minimum Gasteiger partial charge on any atom is -0.494 e. The van der Waals surface area contributed by atoms with Gasteiger partial charge in [0.05, 0.1) is 27.9 Å². The zero-order chi connectivity index (χ0) is 27.6. The zero-order valence-corrected chi connectivity index (χ0v) is 24.4. The number of aromatic nitrogens is 1. The minimum atomic E-state index is -0.282. The molecule has 0 atom stereocenters. The van der Waals surface area contributed by atoms with Crippen LogP contribution in [0.15, 0.2) is 53.3 Å². The lowest BCUT2D eigenvalue weighted by Crippen LogP contribution is -2.46. The van der Waals surface area contributed by atoms with Gasteiger partial charge in [-0.2, -0.15) is 0 Å². The largest absolute Gasteiger partial charge is 0.494 e. The number of nitrogens with zero attached hydrogens (tertiary/aromatic N) is 3. The van der Waals surface area contributed by atoms with Crippen molar-refractivity contribution in [2.45, 2.75) is 58.3 Å². The number of piperazine rings is 1. The van der Waals surface area contributed by atoms with Crippen molar-refractivity contribution in [2.24, 2.45) is 0 Å². The van der Waals surface area contributed by atoms with Gasteiger partial charge in [-0.1, -0.05) is 61.9 Å². The van der Waals surface area contributed by atoms with E-state index in [1.807, 2.05) is 36.4 Å². The fourth-order valence-corrected chi connectivity index (χ4v) is 5.54. The lowest BCUT2D eigenvalue weighted by Gasteiger charge is -2.36. The summed E-state index contributed by atoms with van der Waals surface area (Å²) in [6, 6.07) is 14.7. The van der Waals surface area contributed by atoms with Gasteiger partial charge in [-0.25, -0.2) is 4.57 Å². The molecule has 1 fully saturated rings. The summed E-state index contributed by atoms with van der Waals surface area (Å²) in [5, 5.41) is 2.08. The van der Waals surface area contributed by atoms with Gasteiger partial charge in [0.2, 0.25) is 5.91 Å². The maximum atomic E-state index is 12.9. The third-order valence-electron chi connectivity index (χ3n) is 7.39. The molecule has 3 aromatic rings. The molecule has 2 heterocycles. The fourth-order valence-electron chi connectivity index (χ4n) is 5.13. The number of ether oxygens (including phenoxy) is 1. The van der Waals surface area contributed by atoms with Crippen molar-refractivity contribution in [3.05, 3.63) is 68.9 Å². The molecule has 1 aromatic heterocycles. The van der Waals surface area contributed by atoms with Gasteiger partial charge in [0, 0.05) is 44.7 Å². The predicted octanol–water partition coefficient (Wildman–Crippen LogP) is 7.29. The minimum absolute atomic E-state index is 0.142. The molecule has 6 nitrogen and oxygen atoms in total. The molecule has 1 aliphatic rings. The number of unbranched alkanes of at least 4 members (excludes halogenated alkanes) is 5. The molecule has 4 rings (SSSR count). The molecule has 0 radical (unpaired) electrons. The van der Waals surface area contributed by atoms with Gasteiger partial charge in [0.1, 0.15) is 5.75 Å². The Morgan fingerprint density at radius 3 is 2.46 bits per heavy atom. The third kappa shape index (κ3) is 8.00. The summed E-state index contributed by atoms with van der Waals surface area (Å²) in [5.41, 5.74) is 1.35. The first-order valence-electron chi connectivity index (χ1n) is 14.2. The van der Waals surface area contributed by atoms with Crippen LogP contribution in [-0.2, 0) is 0 Å². The number of rotatable bonds is 13. The molecule has 0 bridgehead atoms. The van der Waals surface area contributed by atoms with Gasteiger partial charge in [-0.3, -0.25) is 14.5 Å². The van der Waals surface area contributed by atoms with Crippen molar-refractivity contribution in [1.29, 1.82) is 0 Å². The molecule has 0 spiro atoms. The van der Waals surface area contributed by atoms with Crippen LogP contribution in [0, 0.1) is 0 Å². The van der Waals surface area contributed by atoms with E-state index in [1.165, 1.54) is 17.1 Å². The Morgan fingerprint density at radius 1 is 0.897 bits per heavy atom. The first-order chi connectivity index (χ1) is 19.0. The molecule has 0 saturated carbocycles. The summed E-state index contributed by atoms with van der Waals surface area (Å²) < 4.78 is 7.34. The Morgan fingerprint density at radius 2 is 1.67 bits per heavy atom. The third-order valence-corrected chi connectivity index (χ3v) is 8.20. The molecule has 0 N–H and O–H groups in total. The monoisotopic (exact) mass is 571 g/mol. The summed E-state index contributed by atoms with van der Waals surface area (Å²) in [6.45, 7) is 7.59. The quantitative estimate of drug-likeness (QED) is 0.201. The fraction of sp³-hybridized carbons (Fsp3) is 0.484. The standard InChI is InChI=1S/C31H39Cl2N3O3/c1-2-3-4-5-6-12-29(37)36-28-23-25(15-13-24(28)14-16-30(36)38)39-22-8-7-17-34-18-20-35(21-19-34)27-11-9-10-26(32)31(27)33/h9-11,13-16,23H,2-8,12,17-22H2,1H3. The maximum Gasteiger partial charge on any atom is 0.257 e. The number of fused-ring (bicyclic) bond motifs is 1. The topological polar surface area (TPSA) is 54.8 Å². The molecule has 0 unspecified atom stereocenters. The average molecular weight is 573 g/mol. The van der Waals surface area contributed by atoms with E-state index in [0.29, 0.717) is 34.3 Å². The second kappa shape index (κ2) is 14.7. The molecule has 2 aromatic carbocycles. The van der Waals surface area contributed by atoms with Crippen molar-refractivity contribution >= 4 is 45.7 Å². The molecular formula is C31H39Cl2N3O3. The van der Waals surface area contributed by atoms with Crippen LogP contribution in [0.4, 0.5) is 5.69 Å². The Hall–Kier alpha value is -2.54. The van der Waals surface area contributed by atoms with Gasteiger partial charge >= 0.3 is 0 Å². The first-order valence-corrected chi connectivity index (χ1v) is 15.0. The van der Waals surface area contributed by atoms with E-state index < -0.39 is 0 Å². The molecule has 1 aliphatic heterocycles. The number of halogens is 2. The highest BCUT2D eigenvalue weighted by atomic mass is 35.5. The molecule has 39 heavy (non-hydrogen) atoms. The first kappa shape index (κ1) is 29.4. The van der Waals surface area contributed by atoms with Gasteiger partial charge in [-0.15, -0.1) is 0 Å². The van der Waals surface area contributed by atoms with Gasteiger partial charge in [0.25, 0.3) is 5.56 Å². The van der Waals surface area contributed by atoms with Gasteiger partial charge < -0.3 is 9.64 Å². The summed E-state index contributed by atoms with van der Waals surface area (Å²) >= 11 is 12.6. The molecule has 0 aliphatic carbocycles. The Bertz CT molecular complexity index is 1300. The highest BCUT2D eigenvalue weighted by molar-refractivity contribution is 6.43. The zero-order valence-electron chi connectivity index (χ0n) is 22.8. The van der Waals surface area contributed by atoms with Crippen LogP contribution in [-0.4, -0.2) is 54.7 Å². The van der Waals surface area contributed by atoms with E-state index >= 15 is 0 Å². The molecule has 1 saturated heterocycles. The van der Waals surface area contributed by atoms with Crippen LogP contribution in [0.5, 0.6) is 5.75 Å². The van der Waals surface area contributed by atoms with Gasteiger partial charge in [0.15, 0.2) is 0 Å². The predicted molar refractivity (Wildman–Crippen MR) is 162 cm³/mol. The lowest BCUT2D eigenvalue weighted by atomic mass is 10.1. The SMILES string of the molecule is CCCCCCCC(=O)n1c(=O)ccc2ccc(OCCCCN3CCN(c4cccc(Cl)c4Cl)CC3)cc21. The van der Waals surface area contributed by atoms with E-state index in [2.05, 4.69) is 16.7 Å². The Labute approximate surface area is 241 Å². The number of hydrogen-bond acceptors (Lipinski definition) is 5. The Kier molecular flexibility index (Phi) is 11.1. The van der Waals surface area contributed by atoms with Crippen LogP contribution in [0.1, 0.15) is 63.1 Å². The van der Waals surface area contributed by atoms with Crippen molar-refractivity contribution < 1.29 is 9.53 Å². The summed E-state index contributed by atoms with van der Waals surface area (Å²) in [4.78, 5) is 30.3. The van der Waals surface area contributed by atoms with Crippen molar-refractivity contribution in [1.82, 2.24) is 9.47 Å². The summed E-state index contributed by atoms with van der Waals surface area (Å²) in [5.74, 6) is 0.543. The number of pyridine rings is 1. The summed E-state index contributed by atoms with van der Waals surface area (Å²) in [6.07, 6.45) is 7.63. The van der Waals surface area contributed by atoms with Crippen molar-refractivity contribution in [3.8, 4) is 5.75 Å². The van der Waals surface area contributed by atoms with Crippen LogP contribution in [0.2, 0.25) is 10.0 Å². The highest BCUT2D eigenvalue weighted by Crippen LogP contribution is 2.33. The van der Waals surface area contributed by atoms with Crippen LogP contribution >= 0.6 is 23.2 Å². The van der Waals surface area contributed by atoms with Crippen LogP contribution < -0.4 is 15.2 Å². The molecular weight excluding hydrogens is 533 g/mol. The smallest absolute Gasteiger partial charge is 0.257 e. The second-order valence-electron chi connectivity index (χ2n) is 10.2. The maximum absolute atomic E-state index is 12.9. The van der Waals surface area contributed by atoms with E-state index in [-0.39, 0.29) is 11.5 Å². The van der Waals surface area contributed by atoms with Crippen LogP contribution in [0.25, 0.3) is 10.9 Å². The number of benzene rings is 2. The summed E-state index contributed by atoms with van der Waals surface area (Å²) in [7, 11) is 0. The lowest BCUT2D eigenvalue weighted by molar-refractivity contribution is 0.0900. The number of hydrogen-bond donors (Lipinski definition) is 0.